The predicted molar refractivity (Wildman–Crippen MR) is 104 cm³/mol. The molecule has 0 saturated carbocycles. The molecule has 1 fully saturated rings. The van der Waals surface area contributed by atoms with Crippen LogP contribution in [0.15, 0.2) is 34.1 Å². The van der Waals surface area contributed by atoms with Gasteiger partial charge in [-0.15, -0.1) is 16.4 Å². The van der Waals surface area contributed by atoms with E-state index in [0.29, 0.717) is 43.6 Å². The van der Waals surface area contributed by atoms with Crippen molar-refractivity contribution in [3.05, 3.63) is 46.8 Å². The highest BCUT2D eigenvalue weighted by atomic mass is 32.1. The number of aromatic nitrogens is 3. The van der Waals surface area contributed by atoms with Crippen LogP contribution in [0.2, 0.25) is 0 Å². The van der Waals surface area contributed by atoms with Crippen molar-refractivity contribution >= 4 is 23.3 Å². The molecule has 7 nitrogen and oxygen atoms in total. The molecule has 3 heterocycles. The number of aryl methyl sites for hydroxylation is 2. The fourth-order valence-corrected chi connectivity index (χ4v) is 3.87. The van der Waals surface area contributed by atoms with Crippen LogP contribution in [0.4, 0.5) is 6.01 Å². The Kier molecular flexibility index (Phi) is 4.89. The molecule has 1 saturated heterocycles. The minimum absolute atomic E-state index is 0.0459. The summed E-state index contributed by atoms with van der Waals surface area (Å²) in [6.07, 6.45) is 0.723. The maximum Gasteiger partial charge on any atom is 0.318 e. The van der Waals surface area contributed by atoms with Gasteiger partial charge in [-0.1, -0.05) is 24.2 Å². The Labute approximate surface area is 161 Å². The lowest BCUT2D eigenvalue weighted by Gasteiger charge is -2.33. The number of hydrogen-bond donors (Lipinski definition) is 0. The summed E-state index contributed by atoms with van der Waals surface area (Å²) < 4.78 is 5.61. The number of amides is 1. The molecule has 0 aliphatic carbocycles. The number of carbonyl (C=O) groups excluding carboxylic acids is 1. The van der Waals surface area contributed by atoms with Crippen LogP contribution in [0.1, 0.15) is 28.9 Å². The molecule has 0 radical (unpaired) electrons. The standard InChI is InChI=1S/C19H21N5O2S/c1-3-16-21-22-19(26-16)24-9-7-23(8-10-24)18(25)15-6-4-5-14(11-15)17-20-13(2)12-27-17/h4-6,11-12H,3,7-10H2,1-2H3. The van der Waals surface area contributed by atoms with Gasteiger partial charge in [0, 0.05) is 54.8 Å². The Morgan fingerprint density at radius 3 is 2.70 bits per heavy atom. The molecule has 3 aromatic rings. The molecule has 0 unspecified atom stereocenters. The summed E-state index contributed by atoms with van der Waals surface area (Å²) in [6.45, 7) is 6.58. The monoisotopic (exact) mass is 383 g/mol. The van der Waals surface area contributed by atoms with Crippen LogP contribution in [0.25, 0.3) is 10.6 Å². The van der Waals surface area contributed by atoms with E-state index < -0.39 is 0 Å². The first-order chi connectivity index (χ1) is 13.1. The van der Waals surface area contributed by atoms with E-state index in [1.54, 1.807) is 11.3 Å². The highest BCUT2D eigenvalue weighted by Gasteiger charge is 2.25. The quantitative estimate of drug-likeness (QED) is 0.689. The summed E-state index contributed by atoms with van der Waals surface area (Å²) in [7, 11) is 0. The third-order valence-electron chi connectivity index (χ3n) is 4.57. The average Bonchev–Trinajstić information content (AvgIpc) is 3.37. The van der Waals surface area contributed by atoms with Crippen molar-refractivity contribution in [1.82, 2.24) is 20.1 Å². The van der Waals surface area contributed by atoms with Crippen LogP contribution in [0, 0.1) is 6.92 Å². The van der Waals surface area contributed by atoms with Gasteiger partial charge in [-0.2, -0.15) is 0 Å². The zero-order chi connectivity index (χ0) is 18.8. The van der Waals surface area contributed by atoms with Gasteiger partial charge in [-0.3, -0.25) is 4.79 Å². The number of rotatable bonds is 4. The van der Waals surface area contributed by atoms with E-state index in [0.717, 1.165) is 22.7 Å². The molecule has 0 bridgehead atoms. The van der Waals surface area contributed by atoms with Crippen LogP contribution in [-0.2, 0) is 6.42 Å². The number of hydrogen-bond acceptors (Lipinski definition) is 7. The number of benzene rings is 1. The van der Waals surface area contributed by atoms with Crippen molar-refractivity contribution in [2.45, 2.75) is 20.3 Å². The van der Waals surface area contributed by atoms with E-state index in [4.69, 9.17) is 4.42 Å². The second kappa shape index (κ2) is 7.48. The molecule has 2 aromatic heterocycles. The van der Waals surface area contributed by atoms with Crippen LogP contribution >= 0.6 is 11.3 Å². The minimum atomic E-state index is 0.0459. The molecule has 140 valence electrons. The smallest absolute Gasteiger partial charge is 0.318 e. The molecule has 0 N–H and O–H groups in total. The summed E-state index contributed by atoms with van der Waals surface area (Å²) in [6, 6.07) is 8.25. The topological polar surface area (TPSA) is 75.4 Å². The Balaban J connectivity index is 1.43. The largest absolute Gasteiger partial charge is 0.408 e. The second-order valence-electron chi connectivity index (χ2n) is 6.49. The lowest BCUT2D eigenvalue weighted by atomic mass is 10.1. The Bertz CT molecular complexity index is 943. The van der Waals surface area contributed by atoms with Crippen LogP contribution in [0.5, 0.6) is 0 Å². The van der Waals surface area contributed by atoms with Gasteiger partial charge in [0.1, 0.15) is 5.01 Å². The molecule has 1 aliphatic heterocycles. The SMILES string of the molecule is CCc1nnc(N2CCN(C(=O)c3cccc(-c4nc(C)cs4)c3)CC2)o1. The average molecular weight is 383 g/mol. The number of piperazine rings is 1. The summed E-state index contributed by atoms with van der Waals surface area (Å²) in [5, 5.41) is 11.1. The fraction of sp³-hybridized carbons (Fsp3) is 0.368. The van der Waals surface area contributed by atoms with E-state index >= 15 is 0 Å². The molecule has 4 rings (SSSR count). The number of nitrogens with zero attached hydrogens (tertiary/aromatic N) is 5. The molecule has 1 aromatic carbocycles. The third-order valence-corrected chi connectivity index (χ3v) is 5.58. The zero-order valence-corrected chi connectivity index (χ0v) is 16.2. The van der Waals surface area contributed by atoms with Gasteiger partial charge >= 0.3 is 6.01 Å². The lowest BCUT2D eigenvalue weighted by molar-refractivity contribution is 0.0745. The van der Waals surface area contributed by atoms with Crippen LogP contribution < -0.4 is 4.90 Å². The van der Waals surface area contributed by atoms with Gasteiger partial charge in [0.05, 0.1) is 0 Å². The van der Waals surface area contributed by atoms with Gasteiger partial charge in [0.15, 0.2) is 0 Å². The molecule has 27 heavy (non-hydrogen) atoms. The van der Waals surface area contributed by atoms with Gasteiger partial charge in [0.2, 0.25) is 5.89 Å². The van der Waals surface area contributed by atoms with Crippen molar-refractivity contribution in [3.8, 4) is 10.6 Å². The maximum atomic E-state index is 12.9. The van der Waals surface area contributed by atoms with Crippen molar-refractivity contribution in [1.29, 1.82) is 0 Å². The van der Waals surface area contributed by atoms with E-state index in [-0.39, 0.29) is 5.91 Å². The first kappa shape index (κ1) is 17.7. The van der Waals surface area contributed by atoms with Crippen molar-refractivity contribution in [2.24, 2.45) is 0 Å². The molecule has 1 amide bonds. The second-order valence-corrected chi connectivity index (χ2v) is 7.34. The summed E-state index contributed by atoms with van der Waals surface area (Å²) in [4.78, 5) is 21.3. The van der Waals surface area contributed by atoms with Gasteiger partial charge < -0.3 is 14.2 Å². The molecule has 8 heteroatoms. The lowest BCUT2D eigenvalue weighted by Crippen LogP contribution is -2.49. The molecular weight excluding hydrogens is 362 g/mol. The van der Waals surface area contributed by atoms with E-state index in [1.807, 2.05) is 53.3 Å². The van der Waals surface area contributed by atoms with Gasteiger partial charge in [-0.25, -0.2) is 4.98 Å². The molecule has 0 spiro atoms. The maximum absolute atomic E-state index is 12.9. The summed E-state index contributed by atoms with van der Waals surface area (Å²) in [5.74, 6) is 0.683. The molecule has 1 aliphatic rings. The first-order valence-electron chi connectivity index (χ1n) is 9.03. The molecular formula is C19H21N5O2S. The normalized spacial score (nSPS) is 14.6. The highest BCUT2D eigenvalue weighted by Crippen LogP contribution is 2.25. The van der Waals surface area contributed by atoms with E-state index in [1.165, 1.54) is 0 Å². The third kappa shape index (κ3) is 3.71. The fourth-order valence-electron chi connectivity index (χ4n) is 3.07. The van der Waals surface area contributed by atoms with E-state index in [9.17, 15) is 4.79 Å². The Morgan fingerprint density at radius 2 is 2.04 bits per heavy atom. The molecule has 0 atom stereocenters. The van der Waals surface area contributed by atoms with Gasteiger partial charge in [-0.05, 0) is 19.1 Å². The van der Waals surface area contributed by atoms with E-state index in [2.05, 4.69) is 15.2 Å². The number of thiazole rings is 1. The number of anilines is 1. The predicted octanol–water partition coefficient (Wildman–Crippen LogP) is 3.03. The Morgan fingerprint density at radius 1 is 1.22 bits per heavy atom. The van der Waals surface area contributed by atoms with Crippen LogP contribution in [-0.4, -0.2) is 52.2 Å². The zero-order valence-electron chi connectivity index (χ0n) is 15.4. The van der Waals surface area contributed by atoms with Crippen LogP contribution in [0.3, 0.4) is 0 Å². The van der Waals surface area contributed by atoms with Crippen molar-refractivity contribution in [2.75, 3.05) is 31.1 Å². The van der Waals surface area contributed by atoms with Gasteiger partial charge in [0.25, 0.3) is 5.91 Å². The first-order valence-corrected chi connectivity index (χ1v) is 9.91. The number of carbonyl (C=O) groups is 1. The van der Waals surface area contributed by atoms with Crippen molar-refractivity contribution < 1.29 is 9.21 Å². The highest BCUT2D eigenvalue weighted by molar-refractivity contribution is 7.13. The summed E-state index contributed by atoms with van der Waals surface area (Å²) in [5.41, 5.74) is 2.67. The summed E-state index contributed by atoms with van der Waals surface area (Å²) >= 11 is 1.59. The van der Waals surface area contributed by atoms with Crippen molar-refractivity contribution in [3.63, 3.8) is 0 Å². The minimum Gasteiger partial charge on any atom is -0.408 e. The Hall–Kier alpha value is -2.74.